The van der Waals surface area contributed by atoms with Gasteiger partial charge < -0.3 is 20.5 Å². The van der Waals surface area contributed by atoms with Crippen molar-refractivity contribution in [1.82, 2.24) is 5.32 Å². The number of hydrogen-bond acceptors (Lipinski definition) is 5. The molecule has 5 N–H and O–H groups in total. The van der Waals surface area contributed by atoms with Gasteiger partial charge in [0.25, 0.3) is 0 Å². The quantitative estimate of drug-likeness (QED) is 0.559. The third kappa shape index (κ3) is 5.38. The van der Waals surface area contributed by atoms with E-state index in [1.165, 1.54) is 25.3 Å². The SMILES string of the molecule is COCC(NC(=O)Nc1cccc(S(N)(=O)=O)c1)C(=O)O. The molecule has 21 heavy (non-hydrogen) atoms. The number of urea groups is 1. The number of ether oxygens (including phenoxy) is 1. The van der Waals surface area contributed by atoms with E-state index >= 15 is 0 Å². The fourth-order valence-electron chi connectivity index (χ4n) is 1.42. The Bertz CT molecular complexity index is 631. The fraction of sp³-hybridized carbons (Fsp3) is 0.273. The van der Waals surface area contributed by atoms with E-state index in [2.05, 4.69) is 15.4 Å². The molecule has 116 valence electrons. The van der Waals surface area contributed by atoms with Gasteiger partial charge in [-0.1, -0.05) is 6.07 Å². The van der Waals surface area contributed by atoms with E-state index in [1.54, 1.807) is 0 Å². The van der Waals surface area contributed by atoms with Crippen molar-refractivity contribution in [2.75, 3.05) is 19.0 Å². The van der Waals surface area contributed by atoms with Gasteiger partial charge in [0.1, 0.15) is 0 Å². The molecule has 0 aliphatic carbocycles. The van der Waals surface area contributed by atoms with Crippen LogP contribution in [-0.2, 0) is 19.6 Å². The average Bonchev–Trinajstić information content (AvgIpc) is 2.37. The number of rotatable bonds is 6. The molecule has 0 aliphatic rings. The zero-order valence-electron chi connectivity index (χ0n) is 11.1. The summed E-state index contributed by atoms with van der Waals surface area (Å²) >= 11 is 0. The highest BCUT2D eigenvalue weighted by Crippen LogP contribution is 2.13. The average molecular weight is 317 g/mol. The Kier molecular flexibility index (Phi) is 5.64. The largest absolute Gasteiger partial charge is 0.480 e. The molecule has 10 heteroatoms. The lowest BCUT2D eigenvalue weighted by molar-refractivity contribution is -0.140. The first kappa shape index (κ1) is 16.9. The van der Waals surface area contributed by atoms with Crippen LogP contribution in [0.1, 0.15) is 0 Å². The van der Waals surface area contributed by atoms with Gasteiger partial charge in [-0.05, 0) is 18.2 Å². The summed E-state index contributed by atoms with van der Waals surface area (Å²) in [4.78, 5) is 22.3. The summed E-state index contributed by atoms with van der Waals surface area (Å²) in [5.74, 6) is -1.26. The van der Waals surface area contributed by atoms with Gasteiger partial charge in [-0.25, -0.2) is 23.1 Å². The number of anilines is 1. The summed E-state index contributed by atoms with van der Waals surface area (Å²) in [6.07, 6.45) is 0. The van der Waals surface area contributed by atoms with Crippen molar-refractivity contribution in [2.24, 2.45) is 5.14 Å². The summed E-state index contributed by atoms with van der Waals surface area (Å²) in [6, 6.07) is 3.20. The molecule has 0 saturated carbocycles. The number of sulfonamides is 1. The molecule has 0 bridgehead atoms. The molecule has 0 radical (unpaired) electrons. The van der Waals surface area contributed by atoms with Gasteiger partial charge >= 0.3 is 12.0 Å². The lowest BCUT2D eigenvalue weighted by atomic mass is 10.3. The number of amides is 2. The number of nitrogens with one attached hydrogen (secondary N) is 2. The molecule has 0 heterocycles. The number of primary sulfonamides is 1. The highest BCUT2D eigenvalue weighted by atomic mass is 32.2. The monoisotopic (exact) mass is 317 g/mol. The minimum atomic E-state index is -3.89. The van der Waals surface area contributed by atoms with Crippen LogP contribution < -0.4 is 15.8 Å². The summed E-state index contributed by atoms with van der Waals surface area (Å²) in [7, 11) is -2.60. The number of aliphatic carboxylic acids is 1. The maximum absolute atomic E-state index is 11.6. The topological polar surface area (TPSA) is 148 Å². The number of carboxylic acid groups (broad SMARTS) is 1. The predicted molar refractivity (Wildman–Crippen MR) is 73.3 cm³/mol. The molecule has 9 nitrogen and oxygen atoms in total. The Morgan fingerprint density at radius 3 is 2.62 bits per heavy atom. The third-order valence-corrected chi connectivity index (χ3v) is 3.27. The van der Waals surface area contributed by atoms with Gasteiger partial charge in [-0.2, -0.15) is 0 Å². The van der Waals surface area contributed by atoms with E-state index in [1.807, 2.05) is 0 Å². The van der Waals surface area contributed by atoms with Crippen molar-refractivity contribution >= 4 is 27.7 Å². The van der Waals surface area contributed by atoms with Crippen molar-refractivity contribution < 1.29 is 27.9 Å². The van der Waals surface area contributed by atoms with Gasteiger partial charge in [0.2, 0.25) is 10.0 Å². The molecule has 1 atom stereocenters. The van der Waals surface area contributed by atoms with Crippen molar-refractivity contribution in [2.45, 2.75) is 10.9 Å². The molecule has 1 aromatic carbocycles. The second-order valence-corrected chi connectivity index (χ2v) is 5.58. The van der Waals surface area contributed by atoms with Crippen LogP contribution in [0.2, 0.25) is 0 Å². The first-order valence-corrected chi connectivity index (χ1v) is 7.21. The minimum absolute atomic E-state index is 0.153. The van der Waals surface area contributed by atoms with Crippen LogP contribution in [0.15, 0.2) is 29.2 Å². The van der Waals surface area contributed by atoms with Crippen molar-refractivity contribution in [3.63, 3.8) is 0 Å². The molecule has 0 fully saturated rings. The summed E-state index contributed by atoms with van der Waals surface area (Å²) in [6.45, 7) is -0.208. The molecular weight excluding hydrogens is 302 g/mol. The van der Waals surface area contributed by atoms with E-state index < -0.39 is 28.1 Å². The van der Waals surface area contributed by atoms with E-state index in [9.17, 15) is 18.0 Å². The lowest BCUT2D eigenvalue weighted by Crippen LogP contribution is -2.45. The maximum Gasteiger partial charge on any atom is 0.328 e. The molecular formula is C11H15N3O6S. The highest BCUT2D eigenvalue weighted by molar-refractivity contribution is 7.89. The predicted octanol–water partition coefficient (Wildman–Crippen LogP) is -0.445. The molecule has 2 amide bonds. The van der Waals surface area contributed by atoms with Gasteiger partial charge in [0, 0.05) is 12.8 Å². The number of nitrogens with two attached hydrogens (primary N) is 1. The Morgan fingerprint density at radius 1 is 1.43 bits per heavy atom. The number of carbonyl (C=O) groups excluding carboxylic acids is 1. The number of carbonyl (C=O) groups is 2. The molecule has 0 aromatic heterocycles. The van der Waals surface area contributed by atoms with Crippen LogP contribution >= 0.6 is 0 Å². The standard InChI is InChI=1S/C11H15N3O6S/c1-20-6-9(10(15)16)14-11(17)13-7-3-2-4-8(5-7)21(12,18)19/h2-5,9H,6H2,1H3,(H,15,16)(H2,12,18,19)(H2,13,14,17). The number of carboxylic acids is 1. The Balaban J connectivity index is 2.77. The first-order chi connectivity index (χ1) is 9.74. The number of hydrogen-bond donors (Lipinski definition) is 4. The Hall–Kier alpha value is -2.17. The van der Waals surface area contributed by atoms with Gasteiger partial charge in [-0.3, -0.25) is 0 Å². The smallest absolute Gasteiger partial charge is 0.328 e. The molecule has 1 rings (SSSR count). The van der Waals surface area contributed by atoms with Crippen LogP contribution in [0.5, 0.6) is 0 Å². The lowest BCUT2D eigenvalue weighted by Gasteiger charge is -2.14. The molecule has 1 aromatic rings. The van der Waals surface area contributed by atoms with E-state index in [0.717, 1.165) is 6.07 Å². The first-order valence-electron chi connectivity index (χ1n) is 5.66. The Morgan fingerprint density at radius 2 is 2.10 bits per heavy atom. The van der Waals surface area contributed by atoms with Crippen molar-refractivity contribution in [3.05, 3.63) is 24.3 Å². The van der Waals surface area contributed by atoms with E-state index in [0.29, 0.717) is 0 Å². The minimum Gasteiger partial charge on any atom is -0.480 e. The van der Waals surface area contributed by atoms with E-state index in [-0.39, 0.29) is 17.2 Å². The van der Waals surface area contributed by atoms with Crippen LogP contribution in [0.4, 0.5) is 10.5 Å². The number of methoxy groups -OCH3 is 1. The summed E-state index contributed by atoms with van der Waals surface area (Å²) < 4.78 is 27.0. The summed E-state index contributed by atoms with van der Waals surface area (Å²) in [5.41, 5.74) is 0.153. The second-order valence-electron chi connectivity index (χ2n) is 4.02. The Labute approximate surface area is 121 Å². The zero-order chi connectivity index (χ0) is 16.0. The van der Waals surface area contributed by atoms with Gasteiger partial charge in [0.15, 0.2) is 6.04 Å². The number of benzene rings is 1. The fourth-order valence-corrected chi connectivity index (χ4v) is 1.98. The molecule has 0 spiro atoms. The molecule has 1 unspecified atom stereocenters. The van der Waals surface area contributed by atoms with Gasteiger partial charge in [0.05, 0.1) is 11.5 Å². The zero-order valence-corrected chi connectivity index (χ0v) is 11.9. The van der Waals surface area contributed by atoms with Crippen LogP contribution in [-0.4, -0.2) is 45.3 Å². The van der Waals surface area contributed by atoms with E-state index in [4.69, 9.17) is 10.2 Å². The second kappa shape index (κ2) is 7.02. The third-order valence-electron chi connectivity index (χ3n) is 2.36. The van der Waals surface area contributed by atoms with Gasteiger partial charge in [-0.15, -0.1) is 0 Å². The highest BCUT2D eigenvalue weighted by Gasteiger charge is 2.19. The van der Waals surface area contributed by atoms with Crippen LogP contribution in [0, 0.1) is 0 Å². The molecule has 0 saturated heterocycles. The van der Waals surface area contributed by atoms with Crippen LogP contribution in [0.25, 0.3) is 0 Å². The molecule has 0 aliphatic heterocycles. The van der Waals surface area contributed by atoms with Crippen molar-refractivity contribution in [3.8, 4) is 0 Å². The maximum atomic E-state index is 11.6. The summed E-state index contributed by atoms with van der Waals surface area (Å²) in [5, 5.41) is 18.3. The normalized spacial score (nSPS) is 12.5. The van der Waals surface area contributed by atoms with Crippen molar-refractivity contribution in [1.29, 1.82) is 0 Å². The van der Waals surface area contributed by atoms with Crippen LogP contribution in [0.3, 0.4) is 0 Å².